The molecule has 0 radical (unpaired) electrons. The van der Waals surface area contributed by atoms with Crippen LogP contribution in [0.4, 0.5) is 0 Å². The van der Waals surface area contributed by atoms with Gasteiger partial charge < -0.3 is 0 Å². The molecule has 0 aliphatic rings. The molecule has 0 aliphatic carbocycles. The summed E-state index contributed by atoms with van der Waals surface area (Å²) in [6.07, 6.45) is 0. The summed E-state index contributed by atoms with van der Waals surface area (Å²) in [7, 11) is 0. The van der Waals surface area contributed by atoms with Crippen LogP contribution in [0.25, 0.3) is 0 Å². The summed E-state index contributed by atoms with van der Waals surface area (Å²) in [5, 5.41) is 0. The Labute approximate surface area is 157 Å². The van der Waals surface area contributed by atoms with E-state index in [2.05, 4.69) is 10.9 Å². The van der Waals surface area contributed by atoms with Gasteiger partial charge in [-0.05, 0) is 25.1 Å². The first kappa shape index (κ1) is 18.1. The van der Waals surface area contributed by atoms with E-state index in [0.29, 0.717) is 11.1 Å². The van der Waals surface area contributed by atoms with Gasteiger partial charge in [-0.25, -0.2) is 0 Å². The minimum Gasteiger partial charge on any atom is -0.289 e. The van der Waals surface area contributed by atoms with Crippen LogP contribution in [-0.2, 0) is 0 Å². The Morgan fingerprint density at radius 2 is 1.22 bits per heavy atom. The highest BCUT2D eigenvalue weighted by Gasteiger charge is 2.18. The molecule has 0 spiro atoms. The van der Waals surface area contributed by atoms with Crippen molar-refractivity contribution < 1.29 is 14.4 Å². The third-order valence-corrected chi connectivity index (χ3v) is 4.02. The van der Waals surface area contributed by atoms with Crippen LogP contribution in [0.15, 0.2) is 78.9 Å². The number of benzene rings is 3. The van der Waals surface area contributed by atoms with E-state index in [0.717, 1.165) is 5.56 Å². The molecule has 0 fully saturated rings. The number of aryl methyl sites for hydroxylation is 1. The molecule has 2 amide bonds. The van der Waals surface area contributed by atoms with E-state index in [-0.39, 0.29) is 16.9 Å². The molecule has 0 bridgehead atoms. The molecule has 3 aromatic carbocycles. The smallest absolute Gasteiger partial charge is 0.270 e. The standard InChI is InChI=1S/C22H18N2O3/c1-15-8-7-11-17(14-15)21(26)23-24-22(27)19-13-6-5-12-18(19)20(25)16-9-3-2-4-10-16/h2-14H,1H3,(H,23,26)(H,24,27). The third-order valence-electron chi connectivity index (χ3n) is 4.02. The average molecular weight is 358 g/mol. The van der Waals surface area contributed by atoms with E-state index in [1.165, 1.54) is 0 Å². The summed E-state index contributed by atoms with van der Waals surface area (Å²) in [5.41, 5.74) is 7.07. The first-order valence-electron chi connectivity index (χ1n) is 8.42. The van der Waals surface area contributed by atoms with Crippen molar-refractivity contribution in [2.45, 2.75) is 6.92 Å². The number of hydrogen-bond donors (Lipinski definition) is 2. The molecule has 3 rings (SSSR count). The highest BCUT2D eigenvalue weighted by atomic mass is 16.2. The molecule has 134 valence electrons. The quantitative estimate of drug-likeness (QED) is 0.555. The van der Waals surface area contributed by atoms with Crippen LogP contribution >= 0.6 is 0 Å². The van der Waals surface area contributed by atoms with Gasteiger partial charge in [-0.2, -0.15) is 0 Å². The third kappa shape index (κ3) is 4.27. The molecule has 0 saturated carbocycles. The largest absolute Gasteiger partial charge is 0.289 e. The maximum absolute atomic E-state index is 12.7. The van der Waals surface area contributed by atoms with E-state index in [9.17, 15) is 14.4 Å². The number of hydrazine groups is 1. The van der Waals surface area contributed by atoms with E-state index in [4.69, 9.17) is 0 Å². The molecule has 0 saturated heterocycles. The fourth-order valence-electron chi connectivity index (χ4n) is 2.66. The molecule has 0 heterocycles. The van der Waals surface area contributed by atoms with Gasteiger partial charge in [0, 0.05) is 16.7 Å². The first-order valence-corrected chi connectivity index (χ1v) is 8.42. The normalized spacial score (nSPS) is 10.1. The van der Waals surface area contributed by atoms with E-state index in [1.807, 2.05) is 19.1 Å². The Morgan fingerprint density at radius 3 is 1.93 bits per heavy atom. The number of amides is 2. The van der Waals surface area contributed by atoms with Crippen LogP contribution in [0.2, 0.25) is 0 Å². The number of carbonyl (C=O) groups excluding carboxylic acids is 3. The van der Waals surface area contributed by atoms with Crippen molar-refractivity contribution in [1.82, 2.24) is 10.9 Å². The van der Waals surface area contributed by atoms with Gasteiger partial charge in [0.05, 0.1) is 5.56 Å². The van der Waals surface area contributed by atoms with Crippen molar-refractivity contribution in [2.24, 2.45) is 0 Å². The average Bonchev–Trinajstić information content (AvgIpc) is 2.72. The van der Waals surface area contributed by atoms with Crippen LogP contribution in [0, 0.1) is 6.92 Å². The molecule has 5 nitrogen and oxygen atoms in total. The molecular formula is C22H18N2O3. The summed E-state index contributed by atoms with van der Waals surface area (Å²) in [5.74, 6) is -1.25. The zero-order valence-corrected chi connectivity index (χ0v) is 14.7. The van der Waals surface area contributed by atoms with Crippen molar-refractivity contribution >= 4 is 17.6 Å². The summed E-state index contributed by atoms with van der Waals surface area (Å²) in [6, 6.07) is 22.2. The summed E-state index contributed by atoms with van der Waals surface area (Å²) < 4.78 is 0. The van der Waals surface area contributed by atoms with E-state index in [1.54, 1.807) is 66.7 Å². The summed E-state index contributed by atoms with van der Waals surface area (Å²) in [4.78, 5) is 37.4. The fourth-order valence-corrected chi connectivity index (χ4v) is 2.66. The number of carbonyl (C=O) groups is 3. The Morgan fingerprint density at radius 1 is 0.630 bits per heavy atom. The Balaban J connectivity index is 1.76. The fraction of sp³-hybridized carbons (Fsp3) is 0.0455. The van der Waals surface area contributed by atoms with Crippen molar-refractivity contribution in [3.05, 3.63) is 107 Å². The van der Waals surface area contributed by atoms with Crippen LogP contribution < -0.4 is 10.9 Å². The van der Waals surface area contributed by atoms with Crippen molar-refractivity contribution in [1.29, 1.82) is 0 Å². The van der Waals surface area contributed by atoms with Gasteiger partial charge in [0.1, 0.15) is 0 Å². The van der Waals surface area contributed by atoms with Crippen LogP contribution in [0.1, 0.15) is 42.2 Å². The minimum atomic E-state index is -0.559. The maximum Gasteiger partial charge on any atom is 0.270 e. The van der Waals surface area contributed by atoms with Crippen LogP contribution in [-0.4, -0.2) is 17.6 Å². The summed E-state index contributed by atoms with van der Waals surface area (Å²) in [6.45, 7) is 1.88. The van der Waals surface area contributed by atoms with Gasteiger partial charge >= 0.3 is 0 Å². The Hall–Kier alpha value is -3.73. The molecule has 0 aliphatic heterocycles. The second kappa shape index (κ2) is 8.10. The van der Waals surface area contributed by atoms with Crippen LogP contribution in [0.5, 0.6) is 0 Å². The van der Waals surface area contributed by atoms with Crippen LogP contribution in [0.3, 0.4) is 0 Å². The van der Waals surface area contributed by atoms with E-state index < -0.39 is 11.8 Å². The maximum atomic E-state index is 12.7. The Kier molecular flexibility index (Phi) is 5.42. The summed E-state index contributed by atoms with van der Waals surface area (Å²) >= 11 is 0. The lowest BCUT2D eigenvalue weighted by atomic mass is 9.98. The van der Waals surface area contributed by atoms with Gasteiger partial charge in [0.25, 0.3) is 11.8 Å². The molecule has 2 N–H and O–H groups in total. The lowest BCUT2D eigenvalue weighted by Crippen LogP contribution is -2.42. The zero-order valence-electron chi connectivity index (χ0n) is 14.7. The highest BCUT2D eigenvalue weighted by Crippen LogP contribution is 2.14. The second-order valence-electron chi connectivity index (χ2n) is 6.02. The second-order valence-corrected chi connectivity index (χ2v) is 6.02. The predicted octanol–water partition coefficient (Wildman–Crippen LogP) is 3.30. The number of nitrogens with one attached hydrogen (secondary N) is 2. The molecule has 5 heteroatoms. The van der Waals surface area contributed by atoms with Gasteiger partial charge in [-0.1, -0.05) is 66.2 Å². The van der Waals surface area contributed by atoms with Gasteiger partial charge in [0.2, 0.25) is 0 Å². The topological polar surface area (TPSA) is 75.3 Å². The minimum absolute atomic E-state index is 0.191. The Bertz CT molecular complexity index is 997. The number of hydrogen-bond acceptors (Lipinski definition) is 3. The van der Waals surface area contributed by atoms with Gasteiger partial charge in [0.15, 0.2) is 5.78 Å². The number of rotatable bonds is 4. The lowest BCUT2D eigenvalue weighted by Gasteiger charge is -2.11. The molecule has 0 atom stereocenters. The molecular weight excluding hydrogens is 340 g/mol. The molecule has 27 heavy (non-hydrogen) atoms. The highest BCUT2D eigenvalue weighted by molar-refractivity contribution is 6.15. The van der Waals surface area contributed by atoms with Crippen molar-refractivity contribution in [3.63, 3.8) is 0 Å². The number of ketones is 1. The lowest BCUT2D eigenvalue weighted by molar-refractivity contribution is 0.0845. The molecule has 0 unspecified atom stereocenters. The van der Waals surface area contributed by atoms with E-state index >= 15 is 0 Å². The van der Waals surface area contributed by atoms with Gasteiger partial charge in [-0.3, -0.25) is 25.2 Å². The zero-order chi connectivity index (χ0) is 19.2. The monoisotopic (exact) mass is 358 g/mol. The predicted molar refractivity (Wildman–Crippen MR) is 102 cm³/mol. The molecule has 3 aromatic rings. The van der Waals surface area contributed by atoms with Crippen molar-refractivity contribution in [2.75, 3.05) is 0 Å². The van der Waals surface area contributed by atoms with Gasteiger partial charge in [-0.15, -0.1) is 0 Å². The first-order chi connectivity index (χ1) is 13.1. The molecule has 0 aromatic heterocycles. The van der Waals surface area contributed by atoms with Crippen molar-refractivity contribution in [3.8, 4) is 0 Å². The SMILES string of the molecule is Cc1cccc(C(=O)NNC(=O)c2ccccc2C(=O)c2ccccc2)c1.